The number of rotatable bonds is 2. The van der Waals surface area contributed by atoms with E-state index in [2.05, 4.69) is 15.3 Å². The van der Waals surface area contributed by atoms with E-state index in [0.717, 1.165) is 10.9 Å². The molecule has 0 aliphatic heterocycles. The summed E-state index contributed by atoms with van der Waals surface area (Å²) >= 11 is 0. The Hall–Kier alpha value is -2.95. The molecule has 5 heteroatoms. The molecule has 0 spiro atoms. The van der Waals surface area contributed by atoms with E-state index in [9.17, 15) is 4.79 Å². The predicted molar refractivity (Wildman–Crippen MR) is 83.1 cm³/mol. The second-order valence-electron chi connectivity index (χ2n) is 4.79. The van der Waals surface area contributed by atoms with Crippen LogP contribution in [0.3, 0.4) is 0 Å². The van der Waals surface area contributed by atoms with Gasteiger partial charge in [0.15, 0.2) is 0 Å². The van der Waals surface area contributed by atoms with E-state index >= 15 is 0 Å². The number of aryl methyl sites for hydroxylation is 1. The maximum Gasteiger partial charge on any atom is 0.275 e. The van der Waals surface area contributed by atoms with Crippen molar-refractivity contribution in [1.29, 1.82) is 0 Å². The third-order valence-electron chi connectivity index (χ3n) is 3.14. The molecular weight excluding hydrogens is 264 g/mol. The number of nitrogens with two attached hydrogens (primary N) is 1. The third kappa shape index (κ3) is 2.67. The van der Waals surface area contributed by atoms with Gasteiger partial charge in [-0.1, -0.05) is 18.2 Å². The standard InChI is InChI=1S/C16H14N4O/c1-10-6-7-18-15(8-10)20-16(21)14-9-12(17)11-4-2-3-5-13(11)19-14/h2-9H,1H3,(H2,17,19)(H,18,20,21). The zero-order valence-electron chi connectivity index (χ0n) is 11.5. The van der Waals surface area contributed by atoms with Crippen molar-refractivity contribution in [3.8, 4) is 0 Å². The topological polar surface area (TPSA) is 80.9 Å². The molecule has 0 bridgehead atoms. The van der Waals surface area contributed by atoms with E-state index in [4.69, 9.17) is 5.73 Å². The van der Waals surface area contributed by atoms with Crippen LogP contribution in [0.2, 0.25) is 0 Å². The first-order valence-corrected chi connectivity index (χ1v) is 6.53. The van der Waals surface area contributed by atoms with Crippen LogP contribution in [0.1, 0.15) is 16.1 Å². The number of nitrogens with one attached hydrogen (secondary N) is 1. The molecule has 2 aromatic heterocycles. The summed E-state index contributed by atoms with van der Waals surface area (Å²) in [6, 6.07) is 12.7. The molecule has 0 atom stereocenters. The van der Waals surface area contributed by atoms with Crippen molar-refractivity contribution in [1.82, 2.24) is 9.97 Å². The van der Waals surface area contributed by atoms with E-state index in [1.54, 1.807) is 18.3 Å². The van der Waals surface area contributed by atoms with Crippen molar-refractivity contribution in [3.63, 3.8) is 0 Å². The molecule has 2 heterocycles. The SMILES string of the molecule is Cc1ccnc(NC(=O)c2cc(N)c3ccccc3n2)c1. The molecule has 0 aliphatic rings. The Balaban J connectivity index is 1.94. The summed E-state index contributed by atoms with van der Waals surface area (Å²) in [4.78, 5) is 20.7. The fraction of sp³-hybridized carbons (Fsp3) is 0.0625. The van der Waals surface area contributed by atoms with Crippen LogP contribution in [0.4, 0.5) is 11.5 Å². The first-order valence-electron chi connectivity index (χ1n) is 6.53. The zero-order chi connectivity index (χ0) is 14.8. The number of para-hydroxylation sites is 1. The van der Waals surface area contributed by atoms with E-state index in [1.165, 1.54) is 0 Å². The molecule has 3 N–H and O–H groups in total. The van der Waals surface area contributed by atoms with Gasteiger partial charge in [-0.15, -0.1) is 0 Å². The van der Waals surface area contributed by atoms with Crippen LogP contribution in [-0.4, -0.2) is 15.9 Å². The molecule has 1 aromatic carbocycles. The van der Waals surface area contributed by atoms with Gasteiger partial charge in [-0.05, 0) is 36.8 Å². The third-order valence-corrected chi connectivity index (χ3v) is 3.14. The maximum absolute atomic E-state index is 12.3. The van der Waals surface area contributed by atoms with Crippen molar-refractivity contribution in [2.24, 2.45) is 0 Å². The number of nitrogens with zero attached hydrogens (tertiary/aromatic N) is 2. The van der Waals surface area contributed by atoms with E-state index in [0.29, 0.717) is 17.0 Å². The lowest BCUT2D eigenvalue weighted by Crippen LogP contribution is -2.15. The summed E-state index contributed by atoms with van der Waals surface area (Å²) in [6.45, 7) is 1.93. The first kappa shape index (κ1) is 13.1. The lowest BCUT2D eigenvalue weighted by atomic mass is 10.1. The van der Waals surface area contributed by atoms with Gasteiger partial charge in [-0.3, -0.25) is 4.79 Å². The molecule has 3 rings (SSSR count). The van der Waals surface area contributed by atoms with Gasteiger partial charge in [0.1, 0.15) is 11.5 Å². The number of carbonyl (C=O) groups excluding carboxylic acids is 1. The zero-order valence-corrected chi connectivity index (χ0v) is 11.5. The van der Waals surface area contributed by atoms with Gasteiger partial charge in [0.2, 0.25) is 0 Å². The lowest BCUT2D eigenvalue weighted by molar-refractivity contribution is 0.102. The monoisotopic (exact) mass is 278 g/mol. The van der Waals surface area contributed by atoms with Gasteiger partial charge in [-0.2, -0.15) is 0 Å². The molecule has 0 saturated heterocycles. The first-order chi connectivity index (χ1) is 10.1. The average Bonchev–Trinajstić information content (AvgIpc) is 2.47. The van der Waals surface area contributed by atoms with Crippen molar-refractivity contribution in [2.75, 3.05) is 11.1 Å². The van der Waals surface area contributed by atoms with Gasteiger partial charge >= 0.3 is 0 Å². The van der Waals surface area contributed by atoms with Crippen LogP contribution in [0.15, 0.2) is 48.7 Å². The summed E-state index contributed by atoms with van der Waals surface area (Å²) in [5, 5.41) is 3.56. The van der Waals surface area contributed by atoms with Gasteiger partial charge in [-0.25, -0.2) is 9.97 Å². The molecule has 104 valence electrons. The molecule has 21 heavy (non-hydrogen) atoms. The molecule has 0 aliphatic carbocycles. The molecule has 0 radical (unpaired) electrons. The smallest absolute Gasteiger partial charge is 0.275 e. The van der Waals surface area contributed by atoms with E-state index < -0.39 is 0 Å². The normalized spacial score (nSPS) is 10.5. The summed E-state index contributed by atoms with van der Waals surface area (Å²) < 4.78 is 0. The van der Waals surface area contributed by atoms with Crippen LogP contribution in [0.25, 0.3) is 10.9 Å². The Bertz CT molecular complexity index is 829. The number of nitrogen functional groups attached to an aromatic ring is 1. The van der Waals surface area contributed by atoms with Crippen LogP contribution in [0, 0.1) is 6.92 Å². The Morgan fingerprint density at radius 3 is 2.81 bits per heavy atom. The average molecular weight is 278 g/mol. The highest BCUT2D eigenvalue weighted by molar-refractivity contribution is 6.05. The van der Waals surface area contributed by atoms with Gasteiger partial charge in [0.25, 0.3) is 5.91 Å². The van der Waals surface area contributed by atoms with Crippen molar-refractivity contribution in [3.05, 3.63) is 59.9 Å². The number of hydrogen-bond acceptors (Lipinski definition) is 4. The number of amides is 1. The van der Waals surface area contributed by atoms with Crippen LogP contribution in [0.5, 0.6) is 0 Å². The number of carbonyl (C=O) groups is 1. The number of pyridine rings is 2. The maximum atomic E-state index is 12.3. The van der Waals surface area contributed by atoms with E-state index in [1.807, 2.05) is 37.3 Å². The van der Waals surface area contributed by atoms with Crippen molar-refractivity contribution in [2.45, 2.75) is 6.92 Å². The number of anilines is 2. The highest BCUT2D eigenvalue weighted by Crippen LogP contribution is 2.20. The second kappa shape index (κ2) is 5.20. The predicted octanol–water partition coefficient (Wildman–Crippen LogP) is 2.77. The molecule has 0 fully saturated rings. The number of aromatic nitrogens is 2. The summed E-state index contributed by atoms with van der Waals surface area (Å²) in [7, 11) is 0. The minimum Gasteiger partial charge on any atom is -0.398 e. The van der Waals surface area contributed by atoms with Gasteiger partial charge in [0, 0.05) is 17.3 Å². The Morgan fingerprint density at radius 1 is 1.19 bits per heavy atom. The minimum absolute atomic E-state index is 0.273. The Morgan fingerprint density at radius 2 is 2.00 bits per heavy atom. The van der Waals surface area contributed by atoms with E-state index in [-0.39, 0.29) is 11.6 Å². The fourth-order valence-corrected chi connectivity index (χ4v) is 2.10. The Labute approximate surface area is 121 Å². The molecule has 3 aromatic rings. The minimum atomic E-state index is -0.328. The van der Waals surface area contributed by atoms with Crippen LogP contribution >= 0.6 is 0 Å². The molecule has 5 nitrogen and oxygen atoms in total. The lowest BCUT2D eigenvalue weighted by Gasteiger charge is -2.07. The van der Waals surface area contributed by atoms with Crippen LogP contribution in [-0.2, 0) is 0 Å². The van der Waals surface area contributed by atoms with Crippen LogP contribution < -0.4 is 11.1 Å². The highest BCUT2D eigenvalue weighted by atomic mass is 16.1. The summed E-state index contributed by atoms with van der Waals surface area (Å²) in [5.41, 5.74) is 8.49. The quantitative estimate of drug-likeness (QED) is 0.755. The van der Waals surface area contributed by atoms with Gasteiger partial charge in [0.05, 0.1) is 5.52 Å². The largest absolute Gasteiger partial charge is 0.398 e. The molecular formula is C16H14N4O. The second-order valence-corrected chi connectivity index (χ2v) is 4.79. The fourth-order valence-electron chi connectivity index (χ4n) is 2.10. The number of fused-ring (bicyclic) bond motifs is 1. The molecule has 0 unspecified atom stereocenters. The highest BCUT2D eigenvalue weighted by Gasteiger charge is 2.11. The summed E-state index contributed by atoms with van der Waals surface area (Å²) in [6.07, 6.45) is 1.65. The number of benzene rings is 1. The summed E-state index contributed by atoms with van der Waals surface area (Å²) in [5.74, 6) is 0.166. The van der Waals surface area contributed by atoms with Gasteiger partial charge < -0.3 is 11.1 Å². The number of hydrogen-bond donors (Lipinski definition) is 2. The van der Waals surface area contributed by atoms with Crippen molar-refractivity contribution < 1.29 is 4.79 Å². The molecule has 1 amide bonds. The molecule has 0 saturated carbocycles. The van der Waals surface area contributed by atoms with Crippen molar-refractivity contribution >= 4 is 28.3 Å². The Kier molecular flexibility index (Phi) is 3.23.